The third-order valence-electron chi connectivity index (χ3n) is 4.91. The summed E-state index contributed by atoms with van der Waals surface area (Å²) in [5, 5.41) is 11.5. The van der Waals surface area contributed by atoms with Crippen LogP contribution in [0.15, 0.2) is 36.5 Å². The number of fused-ring (bicyclic) bond motifs is 1. The van der Waals surface area contributed by atoms with Crippen molar-refractivity contribution >= 4 is 28.8 Å². The fraction of sp³-hybridized carbons (Fsp3) is 0.211. The standard InChI is InChI=1S/C19H15ClFNO2/c20-16-8-18-14(11(10-23)9-22-18)7-15(16)13-3-2-12(6-17(13)21)19(24)4-1-5-19/h2-3,6-10,22,24H,1,4-5H2. The average molecular weight is 344 g/mol. The Morgan fingerprint density at radius 2 is 2.00 bits per heavy atom. The molecule has 1 heterocycles. The molecule has 122 valence electrons. The van der Waals surface area contributed by atoms with E-state index in [0.717, 1.165) is 18.2 Å². The molecule has 0 saturated heterocycles. The molecule has 1 aliphatic rings. The molecular weight excluding hydrogens is 329 g/mol. The van der Waals surface area contributed by atoms with Crippen LogP contribution in [0.1, 0.15) is 35.2 Å². The van der Waals surface area contributed by atoms with Gasteiger partial charge in [0.15, 0.2) is 6.29 Å². The van der Waals surface area contributed by atoms with Gasteiger partial charge in [-0.15, -0.1) is 0 Å². The summed E-state index contributed by atoms with van der Waals surface area (Å²) in [6.07, 6.45) is 4.62. The van der Waals surface area contributed by atoms with Crippen molar-refractivity contribution < 1.29 is 14.3 Å². The van der Waals surface area contributed by atoms with E-state index in [1.165, 1.54) is 6.07 Å². The summed E-state index contributed by atoms with van der Waals surface area (Å²) in [6, 6.07) is 8.17. The van der Waals surface area contributed by atoms with E-state index in [4.69, 9.17) is 11.6 Å². The van der Waals surface area contributed by atoms with Gasteiger partial charge >= 0.3 is 0 Å². The first-order valence-corrected chi connectivity index (χ1v) is 8.18. The molecule has 4 rings (SSSR count). The van der Waals surface area contributed by atoms with E-state index in [1.54, 1.807) is 30.5 Å². The van der Waals surface area contributed by atoms with Gasteiger partial charge in [0.25, 0.3) is 0 Å². The molecule has 1 aromatic heterocycles. The Balaban J connectivity index is 1.84. The Morgan fingerprint density at radius 3 is 2.62 bits per heavy atom. The van der Waals surface area contributed by atoms with Crippen LogP contribution >= 0.6 is 11.6 Å². The summed E-state index contributed by atoms with van der Waals surface area (Å²) in [4.78, 5) is 14.1. The number of aldehydes is 1. The smallest absolute Gasteiger partial charge is 0.152 e. The molecule has 0 bridgehead atoms. The zero-order chi connectivity index (χ0) is 16.9. The number of nitrogens with one attached hydrogen (secondary N) is 1. The molecule has 3 nitrogen and oxygen atoms in total. The number of aliphatic hydroxyl groups is 1. The highest BCUT2D eigenvalue weighted by atomic mass is 35.5. The molecule has 24 heavy (non-hydrogen) atoms. The number of aromatic nitrogens is 1. The van der Waals surface area contributed by atoms with E-state index >= 15 is 0 Å². The minimum absolute atomic E-state index is 0.353. The fourth-order valence-electron chi connectivity index (χ4n) is 3.29. The molecule has 1 aliphatic carbocycles. The molecule has 0 unspecified atom stereocenters. The zero-order valence-electron chi connectivity index (χ0n) is 12.8. The van der Waals surface area contributed by atoms with Crippen LogP contribution in [0.2, 0.25) is 5.02 Å². The van der Waals surface area contributed by atoms with Crippen molar-refractivity contribution in [2.24, 2.45) is 0 Å². The molecule has 0 spiro atoms. The number of halogens is 2. The number of rotatable bonds is 3. The maximum absolute atomic E-state index is 14.7. The minimum Gasteiger partial charge on any atom is -0.385 e. The van der Waals surface area contributed by atoms with Crippen LogP contribution in [0.4, 0.5) is 4.39 Å². The topological polar surface area (TPSA) is 53.1 Å². The van der Waals surface area contributed by atoms with Crippen LogP contribution in [0.3, 0.4) is 0 Å². The molecule has 5 heteroatoms. The Kier molecular flexibility index (Phi) is 3.48. The van der Waals surface area contributed by atoms with E-state index in [1.807, 2.05) is 0 Å². The molecular formula is C19H15ClFNO2. The number of carbonyl (C=O) groups excluding carboxylic acids is 1. The van der Waals surface area contributed by atoms with Crippen LogP contribution < -0.4 is 0 Å². The second kappa shape index (κ2) is 5.43. The SMILES string of the molecule is O=Cc1c[nH]c2cc(Cl)c(-c3ccc(C4(O)CCC4)cc3F)cc12. The average Bonchev–Trinajstić information content (AvgIpc) is 2.93. The van der Waals surface area contributed by atoms with Crippen LogP contribution in [-0.4, -0.2) is 16.4 Å². The summed E-state index contributed by atoms with van der Waals surface area (Å²) in [5.74, 6) is -0.433. The van der Waals surface area contributed by atoms with Crippen molar-refractivity contribution in [1.29, 1.82) is 0 Å². The summed E-state index contributed by atoms with van der Waals surface area (Å²) >= 11 is 6.31. The van der Waals surface area contributed by atoms with Gasteiger partial charge in [-0.2, -0.15) is 0 Å². The van der Waals surface area contributed by atoms with Gasteiger partial charge < -0.3 is 10.1 Å². The van der Waals surface area contributed by atoms with Crippen molar-refractivity contribution in [2.45, 2.75) is 24.9 Å². The quantitative estimate of drug-likeness (QED) is 0.670. The lowest BCUT2D eigenvalue weighted by atomic mass is 9.75. The maximum Gasteiger partial charge on any atom is 0.152 e. The molecule has 0 aliphatic heterocycles. The van der Waals surface area contributed by atoms with Crippen LogP contribution in [0.25, 0.3) is 22.0 Å². The predicted molar refractivity (Wildman–Crippen MR) is 91.8 cm³/mol. The third kappa shape index (κ3) is 2.26. The van der Waals surface area contributed by atoms with Crippen LogP contribution in [0, 0.1) is 5.82 Å². The monoisotopic (exact) mass is 343 g/mol. The Bertz CT molecular complexity index is 959. The number of carbonyl (C=O) groups is 1. The van der Waals surface area contributed by atoms with E-state index in [-0.39, 0.29) is 0 Å². The first kappa shape index (κ1) is 15.4. The van der Waals surface area contributed by atoms with Crippen molar-refractivity contribution in [3.05, 3.63) is 58.5 Å². The minimum atomic E-state index is -0.904. The highest BCUT2D eigenvalue weighted by Crippen LogP contribution is 2.42. The van der Waals surface area contributed by atoms with Gasteiger partial charge in [0.05, 0.1) is 10.6 Å². The molecule has 0 radical (unpaired) electrons. The second-order valence-electron chi connectivity index (χ2n) is 6.32. The zero-order valence-corrected chi connectivity index (χ0v) is 13.5. The first-order valence-electron chi connectivity index (χ1n) is 7.80. The Morgan fingerprint density at radius 1 is 1.21 bits per heavy atom. The molecule has 0 atom stereocenters. The molecule has 0 amide bonds. The van der Waals surface area contributed by atoms with Crippen molar-refractivity contribution in [1.82, 2.24) is 4.98 Å². The highest BCUT2D eigenvalue weighted by molar-refractivity contribution is 6.34. The molecule has 2 N–H and O–H groups in total. The fourth-order valence-corrected chi connectivity index (χ4v) is 3.56. The maximum atomic E-state index is 14.7. The Labute approximate surface area is 143 Å². The van der Waals surface area contributed by atoms with Crippen LogP contribution in [0.5, 0.6) is 0 Å². The second-order valence-corrected chi connectivity index (χ2v) is 6.73. The van der Waals surface area contributed by atoms with E-state index in [2.05, 4.69) is 4.98 Å². The van der Waals surface area contributed by atoms with E-state index < -0.39 is 11.4 Å². The summed E-state index contributed by atoms with van der Waals surface area (Å²) in [6.45, 7) is 0. The van der Waals surface area contributed by atoms with Crippen molar-refractivity contribution in [2.75, 3.05) is 0 Å². The van der Waals surface area contributed by atoms with Crippen molar-refractivity contribution in [3.63, 3.8) is 0 Å². The molecule has 1 fully saturated rings. The van der Waals surface area contributed by atoms with Crippen LogP contribution in [-0.2, 0) is 5.60 Å². The van der Waals surface area contributed by atoms with Gasteiger partial charge in [-0.05, 0) is 43.0 Å². The third-order valence-corrected chi connectivity index (χ3v) is 5.22. The normalized spacial score (nSPS) is 16.1. The molecule has 3 aromatic rings. The van der Waals surface area contributed by atoms with Gasteiger partial charge in [0.2, 0.25) is 0 Å². The van der Waals surface area contributed by atoms with Gasteiger partial charge in [0, 0.05) is 33.8 Å². The Hall–Kier alpha value is -2.17. The van der Waals surface area contributed by atoms with E-state index in [9.17, 15) is 14.3 Å². The summed E-state index contributed by atoms with van der Waals surface area (Å²) in [5.41, 5.74) is 1.80. The molecule has 1 saturated carbocycles. The summed E-state index contributed by atoms with van der Waals surface area (Å²) < 4.78 is 14.7. The number of benzene rings is 2. The predicted octanol–water partition coefficient (Wildman–Crippen LogP) is 4.81. The van der Waals surface area contributed by atoms with Gasteiger partial charge in [-0.3, -0.25) is 4.79 Å². The van der Waals surface area contributed by atoms with Gasteiger partial charge in [0.1, 0.15) is 5.82 Å². The largest absolute Gasteiger partial charge is 0.385 e. The van der Waals surface area contributed by atoms with Gasteiger partial charge in [-0.1, -0.05) is 23.7 Å². The lowest BCUT2D eigenvalue weighted by Crippen LogP contribution is -2.33. The summed E-state index contributed by atoms with van der Waals surface area (Å²) in [7, 11) is 0. The first-order chi connectivity index (χ1) is 11.5. The van der Waals surface area contributed by atoms with Gasteiger partial charge in [-0.25, -0.2) is 4.39 Å². The lowest BCUT2D eigenvalue weighted by molar-refractivity contribution is -0.0390. The highest BCUT2D eigenvalue weighted by Gasteiger charge is 2.36. The number of H-pyrrole nitrogens is 1. The number of hydrogen-bond acceptors (Lipinski definition) is 2. The van der Waals surface area contributed by atoms with E-state index in [0.29, 0.717) is 45.5 Å². The number of aromatic amines is 1. The van der Waals surface area contributed by atoms with Crippen molar-refractivity contribution in [3.8, 4) is 11.1 Å². The number of hydrogen-bond donors (Lipinski definition) is 2. The molecule has 2 aromatic carbocycles. The lowest BCUT2D eigenvalue weighted by Gasteiger charge is -2.37.